The molecule has 0 aromatic carbocycles. The van der Waals surface area contributed by atoms with E-state index in [9.17, 15) is 0 Å². The van der Waals surface area contributed by atoms with Crippen molar-refractivity contribution in [1.29, 1.82) is 0 Å². The Morgan fingerprint density at radius 3 is 1.68 bits per heavy atom. The Kier molecular flexibility index (Phi) is 11.3. The summed E-state index contributed by atoms with van der Waals surface area (Å²) in [7, 11) is 0. The van der Waals surface area contributed by atoms with Crippen LogP contribution in [0.5, 0.6) is 0 Å². The average Bonchev–Trinajstić information content (AvgIpc) is 2.93. The Balaban J connectivity index is 0.00000324. The molecule has 1 aromatic rings. The largest absolute Gasteiger partial charge is 1.00 e. The second kappa shape index (κ2) is 11.1. The SMILES string of the molecule is CCCC[B-](CCCC)(CCCC)c1ccsc1.[Li+]. The second-order valence-electron chi connectivity index (χ2n) is 5.96. The van der Waals surface area contributed by atoms with Crippen LogP contribution in [0.3, 0.4) is 0 Å². The van der Waals surface area contributed by atoms with Crippen LogP contribution in [0.2, 0.25) is 19.0 Å². The standard InChI is InChI=1S/C16H30BS.Li/c1-4-7-11-17(12-8-5-2,13-9-6-3)16-10-14-18-15-16;/h10,14-15H,4-9,11-13H2,1-3H3;/q-1;+1. The Labute approximate surface area is 136 Å². The monoisotopic (exact) mass is 272 g/mol. The number of hydrogen-bond donors (Lipinski definition) is 0. The van der Waals surface area contributed by atoms with Gasteiger partial charge in [-0.3, -0.25) is 0 Å². The summed E-state index contributed by atoms with van der Waals surface area (Å²) in [6, 6.07) is 2.41. The zero-order valence-electron chi connectivity index (χ0n) is 13.6. The summed E-state index contributed by atoms with van der Waals surface area (Å²) in [4.78, 5) is 0. The van der Waals surface area contributed by atoms with Gasteiger partial charge in [0.1, 0.15) is 0 Å². The first kappa shape index (κ1) is 19.4. The zero-order chi connectivity index (χ0) is 13.3. The maximum atomic E-state index is 2.43. The number of rotatable bonds is 10. The first-order valence-corrected chi connectivity index (χ1v) is 8.96. The van der Waals surface area contributed by atoms with Crippen molar-refractivity contribution in [2.45, 2.75) is 78.3 Å². The summed E-state index contributed by atoms with van der Waals surface area (Å²) in [5, 5.41) is 4.71. The molecular weight excluding hydrogens is 242 g/mol. The summed E-state index contributed by atoms with van der Waals surface area (Å²) in [5.41, 5.74) is 1.69. The molecule has 0 aliphatic carbocycles. The molecule has 0 nitrogen and oxygen atoms in total. The predicted octanol–water partition coefficient (Wildman–Crippen LogP) is 2.81. The Hall–Kier alpha value is 0.362. The van der Waals surface area contributed by atoms with Crippen LogP contribution < -0.4 is 24.3 Å². The molecule has 104 valence electrons. The van der Waals surface area contributed by atoms with Gasteiger partial charge in [-0.25, -0.2) is 0 Å². The maximum absolute atomic E-state index is 2.43. The molecule has 0 amide bonds. The maximum Gasteiger partial charge on any atom is 1.00 e. The molecular formula is C16H30BLiS. The van der Waals surface area contributed by atoms with Crippen LogP contribution >= 0.6 is 11.3 Å². The van der Waals surface area contributed by atoms with Gasteiger partial charge in [0.25, 0.3) is 0 Å². The summed E-state index contributed by atoms with van der Waals surface area (Å²) in [5.74, 6) is 0. The van der Waals surface area contributed by atoms with Gasteiger partial charge in [0, 0.05) is 6.15 Å². The fourth-order valence-electron chi connectivity index (χ4n) is 3.34. The minimum absolute atomic E-state index is 0. The molecule has 0 atom stereocenters. The minimum Gasteiger partial charge on any atom is -0.199 e. The van der Waals surface area contributed by atoms with Crippen LogP contribution in [-0.4, -0.2) is 6.15 Å². The third-order valence-corrected chi connectivity index (χ3v) is 5.28. The fourth-order valence-corrected chi connectivity index (χ4v) is 4.18. The molecule has 1 rings (SSSR count). The van der Waals surface area contributed by atoms with Crippen LogP contribution in [0.15, 0.2) is 16.8 Å². The van der Waals surface area contributed by atoms with Crippen molar-refractivity contribution in [2.24, 2.45) is 0 Å². The van der Waals surface area contributed by atoms with Crippen molar-refractivity contribution >= 4 is 22.9 Å². The molecule has 0 saturated carbocycles. The third-order valence-electron chi connectivity index (χ3n) is 4.58. The Bertz CT molecular complexity index is 276. The van der Waals surface area contributed by atoms with Gasteiger partial charge in [-0.2, -0.15) is 35.8 Å². The molecule has 0 spiro atoms. The molecule has 0 unspecified atom stereocenters. The van der Waals surface area contributed by atoms with E-state index in [1.54, 1.807) is 5.46 Å². The van der Waals surface area contributed by atoms with E-state index in [1.165, 1.54) is 57.5 Å². The zero-order valence-corrected chi connectivity index (χ0v) is 14.4. The molecule has 0 aliphatic heterocycles. The molecule has 0 aliphatic rings. The van der Waals surface area contributed by atoms with Gasteiger partial charge in [0.05, 0.1) is 0 Å². The van der Waals surface area contributed by atoms with Crippen LogP contribution in [0.1, 0.15) is 59.3 Å². The molecule has 19 heavy (non-hydrogen) atoms. The number of thiophene rings is 1. The van der Waals surface area contributed by atoms with Gasteiger partial charge in [0.15, 0.2) is 0 Å². The number of hydrogen-bond acceptors (Lipinski definition) is 1. The summed E-state index contributed by atoms with van der Waals surface area (Å²) in [6.07, 6.45) is 12.3. The quantitative estimate of drug-likeness (QED) is 0.575. The normalized spacial score (nSPS) is 11.3. The topological polar surface area (TPSA) is 0 Å². The Morgan fingerprint density at radius 1 is 0.895 bits per heavy atom. The van der Waals surface area contributed by atoms with Crippen molar-refractivity contribution in [3.63, 3.8) is 0 Å². The van der Waals surface area contributed by atoms with E-state index in [1.807, 2.05) is 11.3 Å². The van der Waals surface area contributed by atoms with Crippen molar-refractivity contribution in [1.82, 2.24) is 0 Å². The van der Waals surface area contributed by atoms with E-state index in [0.29, 0.717) is 0 Å². The minimum atomic E-state index is -0.259. The third kappa shape index (κ3) is 6.11. The van der Waals surface area contributed by atoms with E-state index >= 15 is 0 Å². The predicted molar refractivity (Wildman–Crippen MR) is 88.9 cm³/mol. The second-order valence-corrected chi connectivity index (χ2v) is 6.74. The van der Waals surface area contributed by atoms with Crippen LogP contribution in [0.25, 0.3) is 0 Å². The van der Waals surface area contributed by atoms with Gasteiger partial charge in [-0.05, 0) is 10.8 Å². The average molecular weight is 272 g/mol. The Morgan fingerprint density at radius 2 is 1.37 bits per heavy atom. The molecule has 0 bridgehead atoms. The van der Waals surface area contributed by atoms with E-state index in [0.717, 1.165) is 0 Å². The number of unbranched alkanes of at least 4 members (excludes halogenated alkanes) is 3. The molecule has 0 saturated heterocycles. The first-order chi connectivity index (χ1) is 8.79. The summed E-state index contributed by atoms with van der Waals surface area (Å²) < 4.78 is 0. The smallest absolute Gasteiger partial charge is 0.199 e. The molecule has 3 heteroatoms. The van der Waals surface area contributed by atoms with Gasteiger partial charge in [-0.15, -0.1) is 0 Å². The fraction of sp³-hybridized carbons (Fsp3) is 0.750. The van der Waals surface area contributed by atoms with Gasteiger partial charge in [-0.1, -0.05) is 65.4 Å². The summed E-state index contributed by atoms with van der Waals surface area (Å²) in [6.45, 7) is 6.98. The van der Waals surface area contributed by atoms with Crippen LogP contribution in [0, 0.1) is 0 Å². The molecule has 0 fully saturated rings. The van der Waals surface area contributed by atoms with Crippen molar-refractivity contribution in [3.8, 4) is 0 Å². The van der Waals surface area contributed by atoms with Crippen molar-refractivity contribution in [3.05, 3.63) is 16.8 Å². The molecule has 0 radical (unpaired) electrons. The van der Waals surface area contributed by atoms with Crippen molar-refractivity contribution < 1.29 is 18.9 Å². The van der Waals surface area contributed by atoms with E-state index in [4.69, 9.17) is 0 Å². The van der Waals surface area contributed by atoms with Crippen molar-refractivity contribution in [2.75, 3.05) is 0 Å². The van der Waals surface area contributed by atoms with E-state index < -0.39 is 0 Å². The first-order valence-electron chi connectivity index (χ1n) is 8.02. The van der Waals surface area contributed by atoms with E-state index in [-0.39, 0.29) is 25.0 Å². The van der Waals surface area contributed by atoms with Crippen LogP contribution in [-0.2, 0) is 0 Å². The van der Waals surface area contributed by atoms with Gasteiger partial charge >= 0.3 is 18.9 Å². The molecule has 0 N–H and O–H groups in total. The van der Waals surface area contributed by atoms with Gasteiger partial charge in [0.2, 0.25) is 0 Å². The summed E-state index contributed by atoms with van der Waals surface area (Å²) >= 11 is 1.88. The van der Waals surface area contributed by atoms with Crippen LogP contribution in [0.4, 0.5) is 0 Å². The van der Waals surface area contributed by atoms with Gasteiger partial charge < -0.3 is 0 Å². The molecule has 1 aromatic heterocycles. The molecule has 1 heterocycles. The van der Waals surface area contributed by atoms with E-state index in [2.05, 4.69) is 37.6 Å².